The Balaban J connectivity index is 2.20. The summed E-state index contributed by atoms with van der Waals surface area (Å²) in [5.74, 6) is -1.90. The smallest absolute Gasteiger partial charge is 0.257 e. The first-order valence-corrected chi connectivity index (χ1v) is 6.00. The lowest BCUT2D eigenvalue weighted by Gasteiger charge is -2.36. The van der Waals surface area contributed by atoms with Crippen molar-refractivity contribution in [3.8, 4) is 0 Å². The Morgan fingerprint density at radius 3 is 2.78 bits per heavy atom. The second-order valence-electron chi connectivity index (χ2n) is 4.76. The Hall–Kier alpha value is -1.49. The fourth-order valence-electron chi connectivity index (χ4n) is 2.33. The van der Waals surface area contributed by atoms with Crippen LogP contribution in [0.25, 0.3) is 0 Å². The van der Waals surface area contributed by atoms with Crippen molar-refractivity contribution in [1.29, 1.82) is 0 Å². The maximum absolute atomic E-state index is 13.5. The zero-order valence-corrected chi connectivity index (χ0v) is 10.2. The van der Waals surface area contributed by atoms with Gasteiger partial charge in [-0.25, -0.2) is 8.78 Å². The van der Waals surface area contributed by atoms with Crippen molar-refractivity contribution >= 4 is 5.91 Å². The zero-order chi connectivity index (χ0) is 13.3. The van der Waals surface area contributed by atoms with Crippen molar-refractivity contribution in [3.05, 3.63) is 35.4 Å². The molecule has 2 N–H and O–H groups in total. The van der Waals surface area contributed by atoms with Crippen LogP contribution < -0.4 is 5.73 Å². The number of hydrogen-bond donors (Lipinski definition) is 1. The van der Waals surface area contributed by atoms with E-state index in [9.17, 15) is 13.6 Å². The minimum atomic E-state index is -0.818. The molecule has 18 heavy (non-hydrogen) atoms. The summed E-state index contributed by atoms with van der Waals surface area (Å²) in [6.07, 6.45) is 1.41. The monoisotopic (exact) mass is 254 g/mol. The van der Waals surface area contributed by atoms with E-state index in [2.05, 4.69) is 0 Å². The Labute approximate surface area is 105 Å². The average molecular weight is 254 g/mol. The highest BCUT2D eigenvalue weighted by Crippen LogP contribution is 2.20. The van der Waals surface area contributed by atoms with Crippen molar-refractivity contribution in [2.24, 2.45) is 5.73 Å². The Kier molecular flexibility index (Phi) is 3.61. The molecule has 0 saturated carbocycles. The standard InChI is InChI=1S/C13H16F2N2O/c1-8-6-10(16)4-5-17(8)13(18)11-3-2-9(14)7-12(11)15/h2-3,7-8,10H,4-6,16H2,1H3. The topological polar surface area (TPSA) is 46.3 Å². The van der Waals surface area contributed by atoms with Crippen LogP contribution >= 0.6 is 0 Å². The van der Waals surface area contributed by atoms with Crippen molar-refractivity contribution in [1.82, 2.24) is 4.90 Å². The van der Waals surface area contributed by atoms with E-state index in [1.54, 1.807) is 4.90 Å². The Morgan fingerprint density at radius 1 is 1.44 bits per heavy atom. The van der Waals surface area contributed by atoms with Gasteiger partial charge in [0.2, 0.25) is 0 Å². The maximum atomic E-state index is 13.5. The third-order valence-corrected chi connectivity index (χ3v) is 3.34. The minimum absolute atomic E-state index is 0.0225. The van der Waals surface area contributed by atoms with E-state index in [0.717, 1.165) is 12.1 Å². The van der Waals surface area contributed by atoms with Gasteiger partial charge in [-0.3, -0.25) is 4.79 Å². The van der Waals surface area contributed by atoms with Gasteiger partial charge in [-0.1, -0.05) is 0 Å². The average Bonchev–Trinajstić information content (AvgIpc) is 2.28. The third kappa shape index (κ3) is 2.51. The summed E-state index contributed by atoms with van der Waals surface area (Å²) in [6.45, 7) is 2.40. The lowest BCUT2D eigenvalue weighted by atomic mass is 9.98. The van der Waals surface area contributed by atoms with Crippen molar-refractivity contribution < 1.29 is 13.6 Å². The molecule has 1 fully saturated rings. The molecule has 1 saturated heterocycles. The van der Waals surface area contributed by atoms with E-state index in [1.807, 2.05) is 6.92 Å². The molecule has 3 nitrogen and oxygen atoms in total. The molecule has 0 aliphatic carbocycles. The van der Waals surface area contributed by atoms with E-state index in [-0.39, 0.29) is 17.6 Å². The molecule has 2 rings (SSSR count). The van der Waals surface area contributed by atoms with E-state index in [4.69, 9.17) is 5.73 Å². The van der Waals surface area contributed by atoms with Crippen LogP contribution in [0.3, 0.4) is 0 Å². The first kappa shape index (κ1) is 13.0. The van der Waals surface area contributed by atoms with Crippen LogP contribution in [0.4, 0.5) is 8.78 Å². The Bertz CT molecular complexity index is 464. The second-order valence-corrected chi connectivity index (χ2v) is 4.76. The maximum Gasteiger partial charge on any atom is 0.257 e. The number of carbonyl (C=O) groups is 1. The SMILES string of the molecule is CC1CC(N)CCN1C(=O)c1ccc(F)cc1F. The number of hydrogen-bond acceptors (Lipinski definition) is 2. The van der Waals surface area contributed by atoms with Crippen molar-refractivity contribution in [2.75, 3.05) is 6.54 Å². The van der Waals surface area contributed by atoms with Gasteiger partial charge in [0, 0.05) is 24.7 Å². The zero-order valence-electron chi connectivity index (χ0n) is 10.2. The van der Waals surface area contributed by atoms with Crippen LogP contribution in [0.1, 0.15) is 30.1 Å². The molecule has 0 spiro atoms. The predicted octanol–water partition coefficient (Wildman–Crippen LogP) is 1.92. The lowest BCUT2D eigenvalue weighted by Crippen LogP contribution is -2.48. The number of piperidine rings is 1. The molecule has 2 atom stereocenters. The summed E-state index contributed by atoms with van der Waals surface area (Å²) in [5, 5.41) is 0. The minimum Gasteiger partial charge on any atom is -0.336 e. The molecule has 5 heteroatoms. The fraction of sp³-hybridized carbons (Fsp3) is 0.462. The lowest BCUT2D eigenvalue weighted by molar-refractivity contribution is 0.0614. The normalized spacial score (nSPS) is 24.1. The van der Waals surface area contributed by atoms with Gasteiger partial charge in [0.15, 0.2) is 0 Å². The number of carbonyl (C=O) groups excluding carboxylic acids is 1. The number of amides is 1. The van der Waals surface area contributed by atoms with Gasteiger partial charge in [0.05, 0.1) is 5.56 Å². The molecule has 1 heterocycles. The summed E-state index contributed by atoms with van der Waals surface area (Å²) in [4.78, 5) is 13.8. The van der Waals surface area contributed by atoms with Crippen LogP contribution in [0.5, 0.6) is 0 Å². The summed E-state index contributed by atoms with van der Waals surface area (Å²) in [6, 6.07) is 3.08. The van der Waals surface area contributed by atoms with Crippen molar-refractivity contribution in [3.63, 3.8) is 0 Å². The number of halogens is 2. The third-order valence-electron chi connectivity index (χ3n) is 3.34. The molecule has 1 amide bonds. The highest BCUT2D eigenvalue weighted by molar-refractivity contribution is 5.94. The largest absolute Gasteiger partial charge is 0.336 e. The number of rotatable bonds is 1. The van der Waals surface area contributed by atoms with Gasteiger partial charge in [0.1, 0.15) is 11.6 Å². The highest BCUT2D eigenvalue weighted by atomic mass is 19.1. The van der Waals surface area contributed by atoms with Crippen molar-refractivity contribution in [2.45, 2.75) is 31.8 Å². The molecule has 98 valence electrons. The summed E-state index contributed by atoms with van der Waals surface area (Å²) < 4.78 is 26.3. The van der Waals surface area contributed by atoms with E-state index in [0.29, 0.717) is 19.4 Å². The summed E-state index contributed by atoms with van der Waals surface area (Å²) in [5.41, 5.74) is 5.73. The van der Waals surface area contributed by atoms with Gasteiger partial charge < -0.3 is 10.6 Å². The van der Waals surface area contributed by atoms with Crippen LogP contribution in [0.2, 0.25) is 0 Å². The van der Waals surface area contributed by atoms with Gasteiger partial charge in [0.25, 0.3) is 5.91 Å². The summed E-state index contributed by atoms with van der Waals surface area (Å²) in [7, 11) is 0. The second kappa shape index (κ2) is 5.02. The van der Waals surface area contributed by atoms with E-state index >= 15 is 0 Å². The van der Waals surface area contributed by atoms with Gasteiger partial charge in [-0.2, -0.15) is 0 Å². The molecule has 1 aliphatic heterocycles. The molecule has 1 aromatic rings. The molecule has 1 aromatic carbocycles. The van der Waals surface area contributed by atoms with Gasteiger partial charge in [-0.05, 0) is 31.9 Å². The van der Waals surface area contributed by atoms with Crippen LogP contribution in [0, 0.1) is 11.6 Å². The fourth-order valence-corrected chi connectivity index (χ4v) is 2.33. The number of likely N-dealkylation sites (tertiary alicyclic amines) is 1. The summed E-state index contributed by atoms with van der Waals surface area (Å²) >= 11 is 0. The number of nitrogens with two attached hydrogens (primary N) is 1. The molecular weight excluding hydrogens is 238 g/mol. The molecule has 1 aliphatic rings. The van der Waals surface area contributed by atoms with E-state index < -0.39 is 17.5 Å². The molecule has 2 unspecified atom stereocenters. The van der Waals surface area contributed by atoms with Gasteiger partial charge in [-0.15, -0.1) is 0 Å². The first-order valence-electron chi connectivity index (χ1n) is 6.00. The predicted molar refractivity (Wildman–Crippen MR) is 64.1 cm³/mol. The van der Waals surface area contributed by atoms with Gasteiger partial charge >= 0.3 is 0 Å². The molecule has 0 radical (unpaired) electrons. The van der Waals surface area contributed by atoms with Crippen LogP contribution in [-0.2, 0) is 0 Å². The van der Waals surface area contributed by atoms with Crippen LogP contribution in [-0.4, -0.2) is 29.4 Å². The number of nitrogens with zero attached hydrogens (tertiary/aromatic N) is 1. The molecule has 0 bridgehead atoms. The highest BCUT2D eigenvalue weighted by Gasteiger charge is 2.29. The molecule has 0 aromatic heterocycles. The quantitative estimate of drug-likeness (QED) is 0.832. The molecular formula is C13H16F2N2O. The number of benzene rings is 1. The van der Waals surface area contributed by atoms with Crippen LogP contribution in [0.15, 0.2) is 18.2 Å². The first-order chi connectivity index (χ1) is 8.49. The Morgan fingerprint density at radius 2 is 2.17 bits per heavy atom. The van der Waals surface area contributed by atoms with E-state index in [1.165, 1.54) is 6.07 Å².